The Balaban J connectivity index is 2.40. The number of hydrogen-bond acceptors (Lipinski definition) is 3. The summed E-state index contributed by atoms with van der Waals surface area (Å²) in [6.07, 6.45) is 0. The highest BCUT2D eigenvalue weighted by Gasteiger charge is 2.43. The molecule has 1 heterocycles. The number of aliphatic hydroxyl groups is 1. The average molecular weight is 211 g/mol. The average Bonchev–Trinajstić information content (AvgIpc) is 2.61. The van der Waals surface area contributed by atoms with E-state index < -0.39 is 5.54 Å². The monoisotopic (exact) mass is 211 g/mol. The molecule has 0 aromatic heterocycles. The van der Waals surface area contributed by atoms with Crippen molar-refractivity contribution in [1.29, 1.82) is 0 Å². The van der Waals surface area contributed by atoms with Crippen molar-refractivity contribution in [3.8, 4) is 0 Å². The van der Waals surface area contributed by atoms with Crippen LogP contribution in [0, 0.1) is 11.7 Å². The van der Waals surface area contributed by atoms with Crippen molar-refractivity contribution in [3.05, 3.63) is 35.6 Å². The smallest absolute Gasteiger partial charge is 0.128 e. The van der Waals surface area contributed by atoms with E-state index in [1.165, 1.54) is 6.07 Å². The molecule has 1 aliphatic heterocycles. The normalized spacial score (nSPS) is 30.7. The highest BCUT2D eigenvalue weighted by molar-refractivity contribution is 5.28. The molecule has 3 N–H and O–H groups in total. The van der Waals surface area contributed by atoms with Gasteiger partial charge in [0, 0.05) is 11.5 Å². The zero-order valence-corrected chi connectivity index (χ0v) is 8.32. The fraction of sp³-hybridized carbons (Fsp3) is 0.455. The van der Waals surface area contributed by atoms with Crippen LogP contribution in [0.15, 0.2) is 24.3 Å². The van der Waals surface area contributed by atoms with Gasteiger partial charge in [0.05, 0.1) is 25.4 Å². The van der Waals surface area contributed by atoms with Gasteiger partial charge in [-0.15, -0.1) is 0 Å². The molecule has 1 aromatic carbocycles. The molecule has 0 saturated carbocycles. The van der Waals surface area contributed by atoms with Crippen LogP contribution >= 0.6 is 0 Å². The lowest BCUT2D eigenvalue weighted by Crippen LogP contribution is -2.45. The zero-order valence-electron chi connectivity index (χ0n) is 8.32. The maximum absolute atomic E-state index is 13.6. The maximum atomic E-state index is 13.6. The van der Waals surface area contributed by atoms with E-state index in [0.717, 1.165) is 0 Å². The molecule has 2 rings (SSSR count). The second kappa shape index (κ2) is 3.89. The SMILES string of the molecule is N[C@@]1(c2ccccc2F)COC[C@H]1CO. The summed E-state index contributed by atoms with van der Waals surface area (Å²) in [4.78, 5) is 0. The van der Waals surface area contributed by atoms with Gasteiger partial charge in [-0.2, -0.15) is 0 Å². The van der Waals surface area contributed by atoms with E-state index >= 15 is 0 Å². The van der Waals surface area contributed by atoms with Crippen molar-refractivity contribution in [3.63, 3.8) is 0 Å². The number of aliphatic hydroxyl groups excluding tert-OH is 1. The molecule has 0 radical (unpaired) electrons. The van der Waals surface area contributed by atoms with Crippen molar-refractivity contribution >= 4 is 0 Å². The van der Waals surface area contributed by atoms with Crippen molar-refractivity contribution in [2.75, 3.05) is 19.8 Å². The Labute approximate surface area is 87.7 Å². The molecule has 0 aliphatic carbocycles. The van der Waals surface area contributed by atoms with E-state index in [1.54, 1.807) is 18.2 Å². The summed E-state index contributed by atoms with van der Waals surface area (Å²) in [5.74, 6) is -0.585. The fourth-order valence-corrected chi connectivity index (χ4v) is 1.99. The first-order valence-corrected chi connectivity index (χ1v) is 4.91. The van der Waals surface area contributed by atoms with Gasteiger partial charge < -0.3 is 15.6 Å². The molecule has 82 valence electrons. The van der Waals surface area contributed by atoms with E-state index in [-0.39, 0.29) is 24.9 Å². The van der Waals surface area contributed by atoms with E-state index in [4.69, 9.17) is 10.5 Å². The molecule has 3 nitrogen and oxygen atoms in total. The predicted octanol–water partition coefficient (Wildman–Crippen LogP) is 0.618. The van der Waals surface area contributed by atoms with Gasteiger partial charge in [0.1, 0.15) is 5.82 Å². The Morgan fingerprint density at radius 3 is 2.93 bits per heavy atom. The molecule has 0 amide bonds. The van der Waals surface area contributed by atoms with E-state index in [1.807, 2.05) is 0 Å². The molecule has 0 spiro atoms. The van der Waals surface area contributed by atoms with Crippen LogP contribution in [0.2, 0.25) is 0 Å². The van der Waals surface area contributed by atoms with E-state index in [9.17, 15) is 9.50 Å². The standard InChI is InChI=1S/C11H14FNO2/c12-10-4-2-1-3-9(10)11(13)7-15-6-8(11)5-14/h1-4,8,14H,5-7,13H2/t8-,11+/m1/s1. The summed E-state index contributed by atoms with van der Waals surface area (Å²) in [7, 11) is 0. The highest BCUT2D eigenvalue weighted by Crippen LogP contribution is 2.34. The third-order valence-electron chi connectivity index (χ3n) is 2.98. The largest absolute Gasteiger partial charge is 0.396 e. The van der Waals surface area contributed by atoms with Crippen LogP contribution in [0.5, 0.6) is 0 Å². The molecular formula is C11H14FNO2. The van der Waals surface area contributed by atoms with Crippen LogP contribution in [0.1, 0.15) is 5.56 Å². The zero-order chi connectivity index (χ0) is 10.9. The quantitative estimate of drug-likeness (QED) is 0.754. The van der Waals surface area contributed by atoms with Gasteiger partial charge in [0.25, 0.3) is 0 Å². The van der Waals surface area contributed by atoms with Crippen molar-refractivity contribution in [2.45, 2.75) is 5.54 Å². The maximum Gasteiger partial charge on any atom is 0.128 e. The highest BCUT2D eigenvalue weighted by atomic mass is 19.1. The number of ether oxygens (including phenoxy) is 1. The number of benzene rings is 1. The second-order valence-electron chi connectivity index (χ2n) is 3.91. The summed E-state index contributed by atoms with van der Waals surface area (Å²) in [5.41, 5.74) is 5.63. The fourth-order valence-electron chi connectivity index (χ4n) is 1.99. The van der Waals surface area contributed by atoms with E-state index in [0.29, 0.717) is 12.2 Å². The number of hydrogen-bond donors (Lipinski definition) is 2. The molecule has 1 aliphatic rings. The molecule has 4 heteroatoms. The predicted molar refractivity (Wildman–Crippen MR) is 53.7 cm³/mol. The minimum absolute atomic E-state index is 0.0924. The minimum atomic E-state index is -0.903. The molecule has 0 bridgehead atoms. The summed E-state index contributed by atoms with van der Waals surface area (Å²) in [6, 6.07) is 6.37. The lowest BCUT2D eigenvalue weighted by atomic mass is 9.82. The van der Waals surface area contributed by atoms with Crippen molar-refractivity contribution in [1.82, 2.24) is 0 Å². The first-order chi connectivity index (χ1) is 7.18. The first-order valence-electron chi connectivity index (χ1n) is 4.91. The van der Waals surface area contributed by atoms with Crippen LogP contribution in [0.3, 0.4) is 0 Å². The minimum Gasteiger partial charge on any atom is -0.396 e. The van der Waals surface area contributed by atoms with Gasteiger partial charge in [-0.3, -0.25) is 0 Å². The summed E-state index contributed by atoms with van der Waals surface area (Å²) in [6.45, 7) is 0.533. The van der Waals surface area contributed by atoms with Gasteiger partial charge in [-0.25, -0.2) is 4.39 Å². The van der Waals surface area contributed by atoms with Gasteiger partial charge in [0.2, 0.25) is 0 Å². The number of halogens is 1. The lowest BCUT2D eigenvalue weighted by Gasteiger charge is -2.29. The van der Waals surface area contributed by atoms with Crippen molar-refractivity contribution in [2.24, 2.45) is 11.7 Å². The Morgan fingerprint density at radius 1 is 1.53 bits per heavy atom. The number of rotatable bonds is 2. The molecule has 0 unspecified atom stereocenters. The van der Waals surface area contributed by atoms with Gasteiger partial charge in [0.15, 0.2) is 0 Å². The topological polar surface area (TPSA) is 55.5 Å². The van der Waals surface area contributed by atoms with E-state index in [2.05, 4.69) is 0 Å². The molecule has 1 aromatic rings. The summed E-state index contributed by atoms with van der Waals surface area (Å²) >= 11 is 0. The Kier molecular flexibility index (Phi) is 2.73. The Bertz CT molecular complexity index is 358. The summed E-state index contributed by atoms with van der Waals surface area (Å²) < 4.78 is 18.8. The Hall–Kier alpha value is -0.970. The lowest BCUT2D eigenvalue weighted by molar-refractivity contribution is 0.160. The molecular weight excluding hydrogens is 197 g/mol. The van der Waals surface area contributed by atoms with Crippen LogP contribution in [0.4, 0.5) is 4.39 Å². The first kappa shape index (κ1) is 10.5. The second-order valence-corrected chi connectivity index (χ2v) is 3.91. The van der Waals surface area contributed by atoms with Gasteiger partial charge in [-0.05, 0) is 6.07 Å². The van der Waals surface area contributed by atoms with Crippen LogP contribution in [0.25, 0.3) is 0 Å². The molecule has 2 atom stereocenters. The van der Waals surface area contributed by atoms with Crippen LogP contribution < -0.4 is 5.73 Å². The summed E-state index contributed by atoms with van der Waals surface area (Å²) in [5, 5.41) is 9.17. The van der Waals surface area contributed by atoms with Crippen LogP contribution in [-0.2, 0) is 10.3 Å². The number of nitrogens with two attached hydrogens (primary N) is 1. The molecule has 1 saturated heterocycles. The van der Waals surface area contributed by atoms with Gasteiger partial charge in [-0.1, -0.05) is 18.2 Å². The molecule has 15 heavy (non-hydrogen) atoms. The van der Waals surface area contributed by atoms with Crippen LogP contribution in [-0.4, -0.2) is 24.9 Å². The molecule has 1 fully saturated rings. The Morgan fingerprint density at radius 2 is 2.27 bits per heavy atom. The third kappa shape index (κ3) is 1.65. The van der Waals surface area contributed by atoms with Crippen molar-refractivity contribution < 1.29 is 14.2 Å². The third-order valence-corrected chi connectivity index (χ3v) is 2.98. The van der Waals surface area contributed by atoms with Gasteiger partial charge >= 0.3 is 0 Å².